The molecule has 3 aromatic carbocycles. The van der Waals surface area contributed by atoms with Crippen LogP contribution in [-0.2, 0) is 0 Å². The third-order valence-electron chi connectivity index (χ3n) is 4.09. The minimum absolute atomic E-state index is 1.29. The Hall–Kier alpha value is -2.34. The van der Waals surface area contributed by atoms with E-state index in [4.69, 9.17) is 0 Å². The van der Waals surface area contributed by atoms with Crippen LogP contribution in [0.1, 0.15) is 16.7 Å². The summed E-state index contributed by atoms with van der Waals surface area (Å²) in [6, 6.07) is 23.8. The minimum atomic E-state index is 1.29. The molecular weight excluding hydrogens is 252 g/mol. The lowest BCUT2D eigenvalue weighted by molar-refractivity contribution is 1.36. The zero-order valence-corrected chi connectivity index (χ0v) is 12.9. The second kappa shape index (κ2) is 5.57. The lowest BCUT2D eigenvalue weighted by atomic mass is 9.90. The molecule has 104 valence electrons. The van der Waals surface area contributed by atoms with Crippen molar-refractivity contribution in [3.8, 4) is 22.3 Å². The molecule has 0 atom stereocenters. The van der Waals surface area contributed by atoms with Gasteiger partial charge in [-0.05, 0) is 59.7 Å². The Balaban J connectivity index is 2.15. The maximum absolute atomic E-state index is 2.32. The third kappa shape index (κ3) is 2.62. The highest BCUT2D eigenvalue weighted by atomic mass is 14.1. The number of benzene rings is 3. The number of hydrogen-bond donors (Lipinski definition) is 0. The first-order chi connectivity index (χ1) is 10.2. The molecule has 0 N–H and O–H groups in total. The van der Waals surface area contributed by atoms with Crippen LogP contribution in [0.3, 0.4) is 0 Å². The molecular formula is C21H20. The molecule has 0 nitrogen and oxygen atoms in total. The van der Waals surface area contributed by atoms with Gasteiger partial charge in [0.25, 0.3) is 0 Å². The molecule has 0 heteroatoms. The smallest absolute Gasteiger partial charge is 0.0149 e. The SMILES string of the molecule is Cc1cc(-c2ccccc2C)c(C)cc1-c1ccccc1. The highest BCUT2D eigenvalue weighted by molar-refractivity contribution is 5.77. The third-order valence-corrected chi connectivity index (χ3v) is 4.09. The average molecular weight is 272 g/mol. The first-order valence-corrected chi connectivity index (χ1v) is 7.39. The van der Waals surface area contributed by atoms with Crippen molar-refractivity contribution >= 4 is 0 Å². The van der Waals surface area contributed by atoms with Crippen molar-refractivity contribution in [2.24, 2.45) is 0 Å². The van der Waals surface area contributed by atoms with Crippen LogP contribution in [-0.4, -0.2) is 0 Å². The van der Waals surface area contributed by atoms with Gasteiger partial charge in [0.2, 0.25) is 0 Å². The van der Waals surface area contributed by atoms with Crippen LogP contribution in [0.25, 0.3) is 22.3 Å². The van der Waals surface area contributed by atoms with Gasteiger partial charge in [-0.3, -0.25) is 0 Å². The summed E-state index contributed by atoms with van der Waals surface area (Å²) < 4.78 is 0. The Morgan fingerprint density at radius 1 is 0.476 bits per heavy atom. The summed E-state index contributed by atoms with van der Waals surface area (Å²) >= 11 is 0. The second-order valence-electron chi connectivity index (χ2n) is 5.66. The Labute approximate surface area is 127 Å². The van der Waals surface area contributed by atoms with Gasteiger partial charge in [-0.25, -0.2) is 0 Å². The molecule has 3 aromatic rings. The average Bonchev–Trinajstić information content (AvgIpc) is 2.51. The van der Waals surface area contributed by atoms with Crippen LogP contribution in [0.2, 0.25) is 0 Å². The predicted molar refractivity (Wildman–Crippen MR) is 91.5 cm³/mol. The zero-order valence-electron chi connectivity index (χ0n) is 12.9. The topological polar surface area (TPSA) is 0 Å². The van der Waals surface area contributed by atoms with Gasteiger partial charge < -0.3 is 0 Å². The zero-order chi connectivity index (χ0) is 14.8. The molecule has 0 radical (unpaired) electrons. The number of rotatable bonds is 2. The van der Waals surface area contributed by atoms with Crippen molar-refractivity contribution in [3.63, 3.8) is 0 Å². The van der Waals surface area contributed by atoms with Crippen LogP contribution < -0.4 is 0 Å². The van der Waals surface area contributed by atoms with Crippen LogP contribution >= 0.6 is 0 Å². The van der Waals surface area contributed by atoms with E-state index in [1.807, 2.05) is 0 Å². The summed E-state index contributed by atoms with van der Waals surface area (Å²) in [6.45, 7) is 6.58. The van der Waals surface area contributed by atoms with E-state index in [1.165, 1.54) is 38.9 Å². The molecule has 0 aliphatic rings. The minimum Gasteiger partial charge on any atom is -0.0622 e. The van der Waals surface area contributed by atoms with Gasteiger partial charge >= 0.3 is 0 Å². The van der Waals surface area contributed by atoms with E-state index in [1.54, 1.807) is 0 Å². The fraction of sp³-hybridized carbons (Fsp3) is 0.143. The Morgan fingerprint density at radius 2 is 1.05 bits per heavy atom. The van der Waals surface area contributed by atoms with Crippen molar-refractivity contribution in [1.82, 2.24) is 0 Å². The monoisotopic (exact) mass is 272 g/mol. The number of aryl methyl sites for hydroxylation is 3. The maximum Gasteiger partial charge on any atom is -0.0149 e. The molecule has 0 amide bonds. The van der Waals surface area contributed by atoms with E-state index < -0.39 is 0 Å². The van der Waals surface area contributed by atoms with Gasteiger partial charge in [-0.15, -0.1) is 0 Å². The van der Waals surface area contributed by atoms with Crippen LogP contribution in [0.4, 0.5) is 0 Å². The highest BCUT2D eigenvalue weighted by Gasteiger charge is 2.09. The summed E-state index contributed by atoms with van der Waals surface area (Å²) in [4.78, 5) is 0. The van der Waals surface area contributed by atoms with Crippen molar-refractivity contribution < 1.29 is 0 Å². The van der Waals surface area contributed by atoms with E-state index in [9.17, 15) is 0 Å². The van der Waals surface area contributed by atoms with Crippen molar-refractivity contribution in [3.05, 3.63) is 83.4 Å². The fourth-order valence-electron chi connectivity index (χ4n) is 2.91. The van der Waals surface area contributed by atoms with E-state index >= 15 is 0 Å². The van der Waals surface area contributed by atoms with E-state index in [-0.39, 0.29) is 0 Å². The van der Waals surface area contributed by atoms with Gasteiger partial charge in [0.05, 0.1) is 0 Å². The number of hydrogen-bond acceptors (Lipinski definition) is 0. The van der Waals surface area contributed by atoms with E-state index in [0.29, 0.717) is 0 Å². The lowest BCUT2D eigenvalue weighted by Gasteiger charge is -2.14. The predicted octanol–water partition coefficient (Wildman–Crippen LogP) is 5.95. The molecule has 0 spiro atoms. The van der Waals surface area contributed by atoms with Crippen molar-refractivity contribution in [1.29, 1.82) is 0 Å². The highest BCUT2D eigenvalue weighted by Crippen LogP contribution is 2.32. The molecule has 3 rings (SSSR count). The quantitative estimate of drug-likeness (QED) is 0.541. The Kier molecular flexibility index (Phi) is 3.62. The van der Waals surface area contributed by atoms with Crippen LogP contribution in [0.15, 0.2) is 66.7 Å². The van der Waals surface area contributed by atoms with Gasteiger partial charge in [0.15, 0.2) is 0 Å². The van der Waals surface area contributed by atoms with Crippen molar-refractivity contribution in [2.75, 3.05) is 0 Å². The molecule has 0 heterocycles. The molecule has 21 heavy (non-hydrogen) atoms. The maximum atomic E-state index is 2.32. The summed E-state index contributed by atoms with van der Waals surface area (Å²) in [7, 11) is 0. The van der Waals surface area contributed by atoms with Crippen molar-refractivity contribution in [2.45, 2.75) is 20.8 Å². The molecule has 0 aliphatic heterocycles. The van der Waals surface area contributed by atoms with E-state index in [2.05, 4.69) is 87.5 Å². The summed E-state index contributed by atoms with van der Waals surface area (Å²) in [5, 5.41) is 0. The molecule has 0 saturated carbocycles. The van der Waals surface area contributed by atoms with E-state index in [0.717, 1.165) is 0 Å². The van der Waals surface area contributed by atoms with Crippen LogP contribution in [0, 0.1) is 20.8 Å². The van der Waals surface area contributed by atoms with Crippen LogP contribution in [0.5, 0.6) is 0 Å². The van der Waals surface area contributed by atoms with Gasteiger partial charge in [0, 0.05) is 0 Å². The summed E-state index contributed by atoms with van der Waals surface area (Å²) in [6.07, 6.45) is 0. The standard InChI is InChI=1S/C21H20/c1-15-9-7-8-12-19(15)21-14-16(2)20(13-17(21)3)18-10-5-4-6-11-18/h4-14H,1-3H3. The van der Waals surface area contributed by atoms with Gasteiger partial charge in [-0.1, -0.05) is 66.7 Å². The molecule has 0 bridgehead atoms. The normalized spacial score (nSPS) is 10.6. The molecule has 0 aromatic heterocycles. The first-order valence-electron chi connectivity index (χ1n) is 7.39. The molecule has 0 aliphatic carbocycles. The Bertz CT molecular complexity index is 767. The fourth-order valence-corrected chi connectivity index (χ4v) is 2.91. The van der Waals surface area contributed by atoms with Gasteiger partial charge in [0.1, 0.15) is 0 Å². The lowest BCUT2D eigenvalue weighted by Crippen LogP contribution is -1.91. The largest absolute Gasteiger partial charge is 0.0622 e. The summed E-state index contributed by atoms with van der Waals surface area (Å²) in [5.41, 5.74) is 9.26. The second-order valence-corrected chi connectivity index (χ2v) is 5.66. The molecule has 0 unspecified atom stereocenters. The first kappa shape index (κ1) is 13.6. The van der Waals surface area contributed by atoms with Gasteiger partial charge in [-0.2, -0.15) is 0 Å². The molecule has 0 saturated heterocycles. The Morgan fingerprint density at radius 3 is 1.76 bits per heavy atom. The molecule has 0 fully saturated rings. The summed E-state index contributed by atoms with van der Waals surface area (Å²) in [5.74, 6) is 0.